The van der Waals surface area contributed by atoms with Crippen molar-refractivity contribution >= 4 is 23.8 Å². The van der Waals surface area contributed by atoms with Crippen LogP contribution in [0.4, 0.5) is 9.18 Å². The van der Waals surface area contributed by atoms with Gasteiger partial charge in [-0.1, -0.05) is 11.8 Å². The molecule has 0 aliphatic heterocycles. The van der Waals surface area contributed by atoms with Crippen LogP contribution in [0.25, 0.3) is 0 Å². The van der Waals surface area contributed by atoms with Gasteiger partial charge in [0.1, 0.15) is 18.2 Å². The van der Waals surface area contributed by atoms with Gasteiger partial charge in [0.25, 0.3) is 0 Å². The van der Waals surface area contributed by atoms with Crippen molar-refractivity contribution < 1.29 is 23.5 Å². The number of ether oxygens (including phenoxy) is 2. The number of halogens is 1. The van der Waals surface area contributed by atoms with Gasteiger partial charge >= 0.3 is 6.09 Å². The normalized spacial score (nSPS) is 10.3. The van der Waals surface area contributed by atoms with Crippen LogP contribution in [0.3, 0.4) is 0 Å². The van der Waals surface area contributed by atoms with E-state index in [9.17, 15) is 14.0 Å². The molecule has 0 saturated carbocycles. The van der Waals surface area contributed by atoms with Crippen LogP contribution < -0.4 is 15.9 Å². The monoisotopic (exact) mass is 369 g/mol. The van der Waals surface area contributed by atoms with E-state index >= 15 is 0 Å². The molecular weight excluding hydrogens is 353 g/mol. The first kappa shape index (κ1) is 18.5. The Bertz CT molecular complexity index is 737. The van der Waals surface area contributed by atoms with Crippen LogP contribution >= 0.6 is 11.8 Å². The molecule has 2 rings (SSSR count). The number of imide groups is 1. The fraction of sp³-hybridized carbons (Fsp3) is 0.286. The zero-order valence-corrected chi connectivity index (χ0v) is 14.1. The lowest BCUT2D eigenvalue weighted by molar-refractivity contribution is -0.117. The third kappa shape index (κ3) is 5.64. The van der Waals surface area contributed by atoms with Gasteiger partial charge in [-0.25, -0.2) is 13.9 Å². The third-order valence-electron chi connectivity index (χ3n) is 2.77. The number of nitrogens with zero attached hydrogens (tertiary/aromatic N) is 3. The van der Waals surface area contributed by atoms with Crippen LogP contribution in [-0.2, 0) is 16.1 Å². The molecule has 0 atom stereocenters. The highest BCUT2D eigenvalue weighted by atomic mass is 32.2. The molecule has 11 heteroatoms. The maximum absolute atomic E-state index is 12.8. The van der Waals surface area contributed by atoms with Crippen LogP contribution in [0.1, 0.15) is 12.7 Å². The summed E-state index contributed by atoms with van der Waals surface area (Å²) in [6.45, 7) is 1.82. The smallest absolute Gasteiger partial charge is 0.413 e. The first-order chi connectivity index (χ1) is 12.0. The summed E-state index contributed by atoms with van der Waals surface area (Å²) in [6.07, 6.45) is -0.810. The van der Waals surface area contributed by atoms with Crippen molar-refractivity contribution in [3.63, 3.8) is 0 Å². The predicted molar refractivity (Wildman–Crippen MR) is 86.8 cm³/mol. The number of aromatic nitrogens is 3. The van der Waals surface area contributed by atoms with E-state index in [-0.39, 0.29) is 29.9 Å². The van der Waals surface area contributed by atoms with Crippen LogP contribution in [0.15, 0.2) is 29.4 Å². The predicted octanol–water partition coefficient (Wildman–Crippen LogP) is 1.07. The lowest BCUT2D eigenvalue weighted by Gasteiger charge is -2.06. The Morgan fingerprint density at radius 1 is 1.32 bits per heavy atom. The average Bonchev–Trinajstić information content (AvgIpc) is 2.93. The quantitative estimate of drug-likeness (QED) is 0.549. The molecule has 0 spiro atoms. The number of carbonyl (C=O) groups excluding carboxylic acids is 2. The first-order valence-corrected chi connectivity index (χ1v) is 8.15. The largest absolute Gasteiger partial charge is 0.486 e. The Hall–Kier alpha value is -2.82. The molecule has 1 aromatic heterocycles. The van der Waals surface area contributed by atoms with Gasteiger partial charge in [0.05, 0.1) is 12.4 Å². The molecular formula is C14H16FN5O4S. The van der Waals surface area contributed by atoms with Crippen LogP contribution in [0, 0.1) is 5.82 Å². The van der Waals surface area contributed by atoms with E-state index < -0.39 is 12.0 Å². The number of benzene rings is 1. The lowest BCUT2D eigenvalue weighted by atomic mass is 10.3. The molecule has 2 aromatic rings. The second-order valence-corrected chi connectivity index (χ2v) is 5.51. The Balaban J connectivity index is 1.84. The first-order valence-electron chi connectivity index (χ1n) is 7.16. The molecule has 0 saturated heterocycles. The van der Waals surface area contributed by atoms with Crippen LogP contribution in [-0.4, -0.2) is 39.2 Å². The van der Waals surface area contributed by atoms with Crippen molar-refractivity contribution in [3.05, 3.63) is 35.9 Å². The average molecular weight is 369 g/mol. The number of amides is 2. The summed E-state index contributed by atoms with van der Waals surface area (Å²) in [4.78, 5) is 22.7. The molecule has 0 fully saturated rings. The van der Waals surface area contributed by atoms with Crippen molar-refractivity contribution in [1.29, 1.82) is 0 Å². The highest BCUT2D eigenvalue weighted by Gasteiger charge is 2.14. The summed E-state index contributed by atoms with van der Waals surface area (Å²) >= 11 is 0.999. The minimum Gasteiger partial charge on any atom is -0.486 e. The minimum absolute atomic E-state index is 0.0186. The standard InChI is InChI=1S/C14H16FN5O4S/c1-2-23-14(22)17-12(21)8-25-13-19-18-11(20(13)16)7-24-10-5-3-9(15)4-6-10/h3-6H,2,7-8,16H2,1H3,(H,17,21,22). The SMILES string of the molecule is CCOC(=O)NC(=O)CSc1nnc(COc2ccc(F)cc2)n1N. The van der Waals surface area contributed by atoms with Gasteiger partial charge in [0.2, 0.25) is 11.1 Å². The highest BCUT2D eigenvalue weighted by molar-refractivity contribution is 7.99. The Morgan fingerprint density at radius 2 is 2.04 bits per heavy atom. The van der Waals surface area contributed by atoms with Crippen molar-refractivity contribution in [1.82, 2.24) is 20.2 Å². The number of rotatable bonds is 7. The Labute approximate surface area is 146 Å². The van der Waals surface area contributed by atoms with Crippen molar-refractivity contribution in [2.45, 2.75) is 18.7 Å². The summed E-state index contributed by atoms with van der Waals surface area (Å²) < 4.78 is 24.0. The third-order valence-corrected chi connectivity index (χ3v) is 3.71. The summed E-state index contributed by atoms with van der Waals surface area (Å²) in [7, 11) is 0. The van der Waals surface area contributed by atoms with Crippen LogP contribution in [0.2, 0.25) is 0 Å². The minimum atomic E-state index is -0.810. The summed E-state index contributed by atoms with van der Waals surface area (Å²) in [5.41, 5.74) is 0. The van der Waals surface area contributed by atoms with Crippen molar-refractivity contribution in [2.24, 2.45) is 0 Å². The number of nitrogens with one attached hydrogen (secondary N) is 1. The number of hydrogen-bond donors (Lipinski definition) is 2. The molecule has 25 heavy (non-hydrogen) atoms. The number of thioether (sulfide) groups is 1. The molecule has 0 aliphatic carbocycles. The maximum atomic E-state index is 12.8. The number of carbonyl (C=O) groups is 2. The van der Waals surface area contributed by atoms with Crippen molar-refractivity contribution in [2.75, 3.05) is 18.2 Å². The summed E-state index contributed by atoms with van der Waals surface area (Å²) in [5.74, 6) is 5.60. The van der Waals surface area contributed by atoms with Crippen LogP contribution in [0.5, 0.6) is 5.75 Å². The second-order valence-electron chi connectivity index (χ2n) is 4.57. The highest BCUT2D eigenvalue weighted by Crippen LogP contribution is 2.16. The number of hydrogen-bond acceptors (Lipinski definition) is 8. The Morgan fingerprint density at radius 3 is 2.72 bits per heavy atom. The van der Waals surface area contributed by atoms with Gasteiger partial charge in [-0.15, -0.1) is 10.2 Å². The van der Waals surface area contributed by atoms with Gasteiger partial charge in [-0.2, -0.15) is 0 Å². The van der Waals surface area contributed by atoms with E-state index in [1.165, 1.54) is 28.9 Å². The second kappa shape index (κ2) is 8.87. The van der Waals surface area contributed by atoms with Crippen molar-refractivity contribution in [3.8, 4) is 5.75 Å². The Kier molecular flexibility index (Phi) is 6.57. The molecule has 9 nitrogen and oxygen atoms in total. The zero-order chi connectivity index (χ0) is 18.2. The van der Waals surface area contributed by atoms with Gasteiger partial charge < -0.3 is 15.3 Å². The number of nitrogen functional groups attached to an aromatic ring is 1. The number of nitrogens with two attached hydrogens (primary N) is 1. The van der Waals surface area contributed by atoms with Gasteiger partial charge in [0.15, 0.2) is 5.82 Å². The molecule has 2 amide bonds. The molecule has 0 radical (unpaired) electrons. The zero-order valence-electron chi connectivity index (χ0n) is 13.3. The number of alkyl carbamates (subject to hydrolysis) is 1. The fourth-order valence-corrected chi connectivity index (χ4v) is 2.31. The van der Waals surface area contributed by atoms with E-state index in [0.29, 0.717) is 11.6 Å². The fourth-order valence-electron chi connectivity index (χ4n) is 1.63. The van der Waals surface area contributed by atoms with E-state index in [4.69, 9.17) is 10.6 Å². The van der Waals surface area contributed by atoms with E-state index in [1.807, 2.05) is 0 Å². The molecule has 0 bridgehead atoms. The van der Waals surface area contributed by atoms with E-state index in [0.717, 1.165) is 11.8 Å². The van der Waals surface area contributed by atoms with E-state index in [2.05, 4.69) is 20.3 Å². The molecule has 0 aliphatic rings. The molecule has 1 heterocycles. The summed E-state index contributed by atoms with van der Waals surface area (Å²) in [5, 5.41) is 10.0. The lowest BCUT2D eigenvalue weighted by Crippen LogP contribution is -2.32. The topological polar surface area (TPSA) is 121 Å². The summed E-state index contributed by atoms with van der Waals surface area (Å²) in [6, 6.07) is 5.49. The maximum Gasteiger partial charge on any atom is 0.413 e. The van der Waals surface area contributed by atoms with E-state index in [1.54, 1.807) is 6.92 Å². The molecule has 0 unspecified atom stereocenters. The molecule has 3 N–H and O–H groups in total. The molecule has 134 valence electrons. The van der Waals surface area contributed by atoms with Gasteiger partial charge in [-0.3, -0.25) is 10.1 Å². The van der Waals surface area contributed by atoms with Gasteiger partial charge in [-0.05, 0) is 31.2 Å². The van der Waals surface area contributed by atoms with Gasteiger partial charge in [0, 0.05) is 0 Å². The molecule has 1 aromatic carbocycles.